The van der Waals surface area contributed by atoms with E-state index >= 15 is 0 Å². The minimum absolute atomic E-state index is 0.149. The van der Waals surface area contributed by atoms with Crippen LogP contribution in [0, 0.1) is 0 Å². The number of piperidine rings is 1. The van der Waals surface area contributed by atoms with Crippen molar-refractivity contribution in [3.05, 3.63) is 41.6 Å². The number of benzene rings is 1. The number of rotatable bonds is 6. The average Bonchev–Trinajstić information content (AvgIpc) is 3.04. The van der Waals surface area contributed by atoms with Gasteiger partial charge in [0.2, 0.25) is 17.8 Å². The molecule has 0 aliphatic carbocycles. The van der Waals surface area contributed by atoms with Crippen LogP contribution in [0.5, 0.6) is 0 Å². The highest BCUT2D eigenvalue weighted by Gasteiger charge is 2.39. The second-order valence-corrected chi connectivity index (χ2v) is 6.87. The smallest absolute Gasteiger partial charge is 0.322 e. The molecule has 0 saturated carbocycles. The lowest BCUT2D eigenvalue weighted by atomic mass is 10.0. The first kappa shape index (κ1) is 19.3. The van der Waals surface area contributed by atoms with Gasteiger partial charge < -0.3 is 20.6 Å². The van der Waals surface area contributed by atoms with Gasteiger partial charge in [-0.2, -0.15) is 4.98 Å². The highest BCUT2D eigenvalue weighted by Crippen LogP contribution is 2.33. The molecule has 0 spiro atoms. The quantitative estimate of drug-likeness (QED) is 0.498. The van der Waals surface area contributed by atoms with E-state index in [1.54, 1.807) is 24.3 Å². The highest BCUT2D eigenvalue weighted by molar-refractivity contribution is 6.06. The zero-order valence-corrected chi connectivity index (χ0v) is 15.7. The minimum Gasteiger partial charge on any atom is -0.480 e. The average molecular weight is 410 g/mol. The summed E-state index contributed by atoms with van der Waals surface area (Å²) < 4.78 is 0. The van der Waals surface area contributed by atoms with Gasteiger partial charge >= 0.3 is 5.97 Å². The van der Waals surface area contributed by atoms with Crippen molar-refractivity contribution in [3.63, 3.8) is 0 Å². The summed E-state index contributed by atoms with van der Waals surface area (Å²) in [7, 11) is 0. The molecule has 11 nitrogen and oxygen atoms in total. The summed E-state index contributed by atoms with van der Waals surface area (Å²) in [5.74, 6) is -1.54. The lowest BCUT2D eigenvalue weighted by Crippen LogP contribution is -2.52. The number of nitrogens with zero attached hydrogens (tertiary/aromatic N) is 3. The molecule has 3 heterocycles. The van der Waals surface area contributed by atoms with Gasteiger partial charge in [-0.25, -0.2) is 4.98 Å². The van der Waals surface area contributed by atoms with Crippen molar-refractivity contribution in [2.45, 2.75) is 25.4 Å². The number of anilines is 3. The molecular weight excluding hydrogens is 392 g/mol. The van der Waals surface area contributed by atoms with Crippen LogP contribution >= 0.6 is 0 Å². The maximum atomic E-state index is 12.9. The van der Waals surface area contributed by atoms with Crippen LogP contribution in [-0.4, -0.2) is 56.3 Å². The first-order valence-corrected chi connectivity index (χ1v) is 9.24. The Labute approximate surface area is 170 Å². The van der Waals surface area contributed by atoms with E-state index in [-0.39, 0.29) is 43.7 Å². The highest BCUT2D eigenvalue weighted by atomic mass is 16.4. The Kier molecular flexibility index (Phi) is 5.00. The van der Waals surface area contributed by atoms with Crippen molar-refractivity contribution < 1.29 is 24.3 Å². The van der Waals surface area contributed by atoms with Crippen LogP contribution in [0.1, 0.15) is 28.8 Å². The number of fused-ring (bicyclic) bond motifs is 1. The monoisotopic (exact) mass is 410 g/mol. The van der Waals surface area contributed by atoms with Crippen molar-refractivity contribution >= 4 is 41.1 Å². The third-order valence-electron chi connectivity index (χ3n) is 4.90. The first-order chi connectivity index (χ1) is 14.4. The van der Waals surface area contributed by atoms with Crippen LogP contribution in [0.3, 0.4) is 0 Å². The molecule has 30 heavy (non-hydrogen) atoms. The third kappa shape index (κ3) is 3.77. The summed E-state index contributed by atoms with van der Waals surface area (Å²) in [5, 5.41) is 16.8. The molecule has 2 aliphatic rings. The van der Waals surface area contributed by atoms with Gasteiger partial charge in [0.05, 0.1) is 0 Å². The topological polar surface area (TPSA) is 154 Å². The fourth-order valence-corrected chi connectivity index (χ4v) is 3.51. The van der Waals surface area contributed by atoms with Crippen LogP contribution in [-0.2, 0) is 20.9 Å². The molecule has 0 radical (unpaired) electrons. The van der Waals surface area contributed by atoms with Gasteiger partial charge in [0, 0.05) is 36.0 Å². The Morgan fingerprint density at radius 2 is 2.10 bits per heavy atom. The number of aliphatic carboxylic acids is 1. The molecule has 4 rings (SSSR count). The predicted molar refractivity (Wildman–Crippen MR) is 104 cm³/mol. The van der Waals surface area contributed by atoms with E-state index in [1.807, 2.05) is 0 Å². The Balaban J connectivity index is 1.55. The van der Waals surface area contributed by atoms with Crippen molar-refractivity contribution in [2.24, 2.45) is 0 Å². The molecule has 1 aromatic heterocycles. The first-order valence-electron chi connectivity index (χ1n) is 9.24. The largest absolute Gasteiger partial charge is 0.480 e. The molecule has 1 aromatic carbocycles. The Bertz CT molecular complexity index is 1060. The second kappa shape index (κ2) is 7.78. The Morgan fingerprint density at radius 1 is 1.27 bits per heavy atom. The second-order valence-electron chi connectivity index (χ2n) is 6.87. The van der Waals surface area contributed by atoms with E-state index in [2.05, 4.69) is 25.9 Å². The molecule has 2 aliphatic heterocycles. The van der Waals surface area contributed by atoms with Crippen LogP contribution < -0.4 is 16.0 Å². The van der Waals surface area contributed by atoms with E-state index < -0.39 is 17.9 Å². The van der Waals surface area contributed by atoms with Gasteiger partial charge in [0.1, 0.15) is 18.4 Å². The number of hydrogen-bond acceptors (Lipinski definition) is 8. The summed E-state index contributed by atoms with van der Waals surface area (Å²) in [6.07, 6.45) is 1.95. The summed E-state index contributed by atoms with van der Waals surface area (Å²) in [4.78, 5) is 56.8. The molecule has 1 saturated heterocycles. The number of carbonyl (C=O) groups is 4. The van der Waals surface area contributed by atoms with Gasteiger partial charge in [-0.1, -0.05) is 6.07 Å². The molecule has 11 heteroatoms. The maximum absolute atomic E-state index is 12.9. The summed E-state index contributed by atoms with van der Waals surface area (Å²) in [6.45, 7) is -0.0988. The number of imide groups is 1. The van der Waals surface area contributed by atoms with Gasteiger partial charge in [-0.3, -0.25) is 24.5 Å². The van der Waals surface area contributed by atoms with Crippen LogP contribution in [0.2, 0.25) is 0 Å². The van der Waals surface area contributed by atoms with Crippen molar-refractivity contribution in [1.29, 1.82) is 0 Å². The van der Waals surface area contributed by atoms with Crippen molar-refractivity contribution in [2.75, 3.05) is 17.2 Å². The molecule has 2 aromatic rings. The van der Waals surface area contributed by atoms with Gasteiger partial charge in [0.25, 0.3) is 5.91 Å². The van der Waals surface area contributed by atoms with Crippen LogP contribution in [0.25, 0.3) is 0 Å². The standard InChI is InChI=1S/C19H18N6O5/c26-15-5-4-13(17(29)24-15)25-9-11-10(18(25)30)2-1-3-12(11)22-14-6-7-20-19(23-14)21-8-16(27)28/h1-3,6-7,13H,4-5,8-9H2,(H,27,28)(H,24,26,29)(H2,20,21,22,23). The number of amides is 3. The minimum atomic E-state index is -1.04. The van der Waals surface area contributed by atoms with E-state index in [0.717, 1.165) is 0 Å². The lowest BCUT2D eigenvalue weighted by Gasteiger charge is -2.29. The van der Waals surface area contributed by atoms with Crippen LogP contribution in [0.4, 0.5) is 17.5 Å². The fourth-order valence-electron chi connectivity index (χ4n) is 3.51. The third-order valence-corrected chi connectivity index (χ3v) is 4.90. The predicted octanol–water partition coefficient (Wildman–Crippen LogP) is 0.478. The summed E-state index contributed by atoms with van der Waals surface area (Å²) in [5.41, 5.74) is 1.83. The number of carbonyl (C=O) groups excluding carboxylic acids is 3. The van der Waals surface area contributed by atoms with E-state index in [4.69, 9.17) is 5.11 Å². The number of carboxylic acid groups (broad SMARTS) is 1. The van der Waals surface area contributed by atoms with E-state index in [1.165, 1.54) is 11.1 Å². The Morgan fingerprint density at radius 3 is 2.87 bits per heavy atom. The zero-order valence-electron chi connectivity index (χ0n) is 15.7. The van der Waals surface area contributed by atoms with Gasteiger partial charge in [-0.05, 0) is 24.6 Å². The van der Waals surface area contributed by atoms with Gasteiger partial charge in [-0.15, -0.1) is 0 Å². The summed E-state index contributed by atoms with van der Waals surface area (Å²) in [6, 6.07) is 6.11. The number of hydrogen-bond donors (Lipinski definition) is 4. The normalized spacial score (nSPS) is 18.1. The SMILES string of the molecule is O=C(O)CNc1nccc(Nc2cccc3c2CN(C2CCC(=O)NC2=O)C3=O)n1. The molecular formula is C19H18N6O5. The molecule has 154 valence electrons. The molecule has 1 atom stereocenters. The number of carboxylic acids is 1. The molecule has 4 N–H and O–H groups in total. The lowest BCUT2D eigenvalue weighted by molar-refractivity contribution is -0.137. The number of aromatic nitrogens is 2. The molecule has 1 unspecified atom stereocenters. The van der Waals surface area contributed by atoms with Gasteiger partial charge in [0.15, 0.2) is 0 Å². The van der Waals surface area contributed by atoms with E-state index in [0.29, 0.717) is 22.6 Å². The van der Waals surface area contributed by atoms with E-state index in [9.17, 15) is 19.2 Å². The van der Waals surface area contributed by atoms with Crippen LogP contribution in [0.15, 0.2) is 30.5 Å². The maximum Gasteiger partial charge on any atom is 0.322 e. The molecule has 0 bridgehead atoms. The number of nitrogens with one attached hydrogen (secondary N) is 3. The van der Waals surface area contributed by atoms with Crippen molar-refractivity contribution in [3.8, 4) is 0 Å². The fraction of sp³-hybridized carbons (Fsp3) is 0.263. The van der Waals surface area contributed by atoms with Crippen molar-refractivity contribution in [1.82, 2.24) is 20.2 Å². The molecule has 1 fully saturated rings. The zero-order chi connectivity index (χ0) is 21.3. The molecule has 3 amide bonds. The Hall–Kier alpha value is -4.02. The summed E-state index contributed by atoms with van der Waals surface area (Å²) >= 11 is 0.